The number of hydrogen-bond acceptors (Lipinski definition) is 1. The predicted molar refractivity (Wildman–Crippen MR) is 56.6 cm³/mol. The average molecular weight is 172 g/mol. The highest BCUT2D eigenvalue weighted by molar-refractivity contribution is 5.85. The Morgan fingerprint density at radius 2 is 1.92 bits per heavy atom. The van der Waals surface area contributed by atoms with Crippen LogP contribution in [0.1, 0.15) is 18.5 Å². The molecule has 0 fully saturated rings. The summed E-state index contributed by atoms with van der Waals surface area (Å²) in [5.41, 5.74) is 3.70. The normalized spacial score (nSPS) is 14.1. The summed E-state index contributed by atoms with van der Waals surface area (Å²) in [7, 11) is 0. The van der Waals surface area contributed by atoms with E-state index >= 15 is 0 Å². The minimum atomic E-state index is 0.0705. The molecule has 2 rings (SSSR count). The summed E-state index contributed by atoms with van der Waals surface area (Å²) < 4.78 is 7.17. The molecule has 2 N–H and O–H groups in total. The highest BCUT2D eigenvalue weighted by atomic mass is 14.6. The van der Waals surface area contributed by atoms with Crippen LogP contribution in [0, 0.1) is 0 Å². The van der Waals surface area contributed by atoms with Gasteiger partial charge < -0.3 is 5.73 Å². The van der Waals surface area contributed by atoms with Crippen LogP contribution in [0.3, 0.4) is 0 Å². The van der Waals surface area contributed by atoms with Gasteiger partial charge >= 0.3 is 0 Å². The maximum Gasteiger partial charge on any atom is 0.119 e. The highest BCUT2D eigenvalue weighted by Gasteiger charge is 2.02. The molecule has 2 aromatic carbocycles. The molecule has 1 heteroatoms. The molecular formula is C12H13N. The first-order valence-corrected chi connectivity index (χ1v) is 4.48. The van der Waals surface area contributed by atoms with Gasteiger partial charge in [-0.1, -0.05) is 42.5 Å². The lowest BCUT2D eigenvalue weighted by molar-refractivity contribution is 0.827. The molecular weight excluding hydrogens is 158 g/mol. The van der Waals surface area contributed by atoms with Crippen molar-refractivity contribution in [3.8, 4) is 0 Å². The summed E-state index contributed by atoms with van der Waals surface area (Å²) in [6.07, 6.45) is 0. The molecule has 1 nitrogen and oxygen atoms in total. The van der Waals surface area contributed by atoms with Crippen LogP contribution < -0.4 is 5.73 Å². The Balaban J connectivity index is 2.65. The summed E-state index contributed by atoms with van der Waals surface area (Å²) >= 11 is 0. The highest BCUT2D eigenvalue weighted by Crippen LogP contribution is 2.22. The van der Waals surface area contributed by atoms with Crippen molar-refractivity contribution >= 4 is 10.8 Å². The SMILES string of the molecule is [2H]N[C@@H](C)c1cccc2ccccc12. The molecule has 0 aliphatic rings. The van der Waals surface area contributed by atoms with Crippen LogP contribution in [0.5, 0.6) is 0 Å². The molecule has 0 spiro atoms. The first kappa shape index (κ1) is 7.10. The maximum atomic E-state index is 7.17. The fourth-order valence-corrected chi connectivity index (χ4v) is 1.63. The molecule has 1 atom stereocenters. The van der Waals surface area contributed by atoms with Crippen molar-refractivity contribution in [1.82, 2.24) is 0 Å². The molecule has 0 radical (unpaired) electrons. The van der Waals surface area contributed by atoms with E-state index in [2.05, 4.69) is 30.0 Å². The largest absolute Gasteiger partial charge is 0.324 e. The van der Waals surface area contributed by atoms with E-state index in [-0.39, 0.29) is 6.04 Å². The number of fused-ring (bicyclic) bond motifs is 1. The van der Waals surface area contributed by atoms with Crippen LogP contribution >= 0.6 is 0 Å². The molecule has 0 aromatic heterocycles. The fourth-order valence-electron chi connectivity index (χ4n) is 1.63. The number of nitrogens with two attached hydrogens (primary N) is 1. The number of rotatable bonds is 2. The van der Waals surface area contributed by atoms with Gasteiger partial charge in [0.2, 0.25) is 0 Å². The fraction of sp³-hybridized carbons (Fsp3) is 0.167. The second kappa shape index (κ2) is 3.19. The minimum absolute atomic E-state index is 0.0705. The Labute approximate surface area is 79.6 Å². The van der Waals surface area contributed by atoms with Gasteiger partial charge in [-0.3, -0.25) is 0 Å². The zero-order valence-electron chi connectivity index (χ0n) is 8.62. The smallest absolute Gasteiger partial charge is 0.119 e. The van der Waals surface area contributed by atoms with E-state index in [1.165, 1.54) is 16.3 Å². The molecule has 0 aliphatic carbocycles. The van der Waals surface area contributed by atoms with E-state index in [1.807, 2.05) is 25.1 Å². The standard InChI is InChI=1S/C12H13N/c1-9(13)11-8-4-6-10-5-2-3-7-12(10)11/h2-9H,13H2,1H3/t9-/m0/s1/i/hD. The lowest BCUT2D eigenvalue weighted by Crippen LogP contribution is -2.05. The zero-order chi connectivity index (χ0) is 9.97. The number of hydrogen-bond donors (Lipinski definition) is 1. The van der Waals surface area contributed by atoms with E-state index in [9.17, 15) is 0 Å². The Kier molecular flexibility index (Phi) is 1.74. The first-order valence-electron chi connectivity index (χ1n) is 4.98. The molecule has 66 valence electrons. The first-order chi connectivity index (χ1) is 6.83. The van der Waals surface area contributed by atoms with E-state index < -0.39 is 0 Å². The molecule has 0 aliphatic heterocycles. The van der Waals surface area contributed by atoms with E-state index in [4.69, 9.17) is 1.41 Å². The second-order valence-corrected chi connectivity index (χ2v) is 3.29. The van der Waals surface area contributed by atoms with Gasteiger partial charge in [-0.05, 0) is 23.3 Å². The summed E-state index contributed by atoms with van der Waals surface area (Å²) in [5, 5.41) is 2.45. The molecule has 0 unspecified atom stereocenters. The predicted octanol–water partition coefficient (Wildman–Crippen LogP) is 2.86. The Morgan fingerprint density at radius 1 is 1.15 bits per heavy atom. The third kappa shape index (κ3) is 1.43. The monoisotopic (exact) mass is 172 g/mol. The van der Waals surface area contributed by atoms with Crippen LogP contribution in [-0.4, -0.2) is 0 Å². The van der Waals surface area contributed by atoms with Gasteiger partial charge in [0.25, 0.3) is 0 Å². The molecule has 13 heavy (non-hydrogen) atoms. The van der Waals surface area contributed by atoms with Crippen LogP contribution in [0.2, 0.25) is 1.41 Å². The van der Waals surface area contributed by atoms with Crippen LogP contribution in [0.4, 0.5) is 0 Å². The molecule has 0 heterocycles. The molecule has 0 saturated heterocycles. The topological polar surface area (TPSA) is 26.0 Å². The second-order valence-electron chi connectivity index (χ2n) is 3.29. The number of benzene rings is 2. The van der Waals surface area contributed by atoms with E-state index in [0.29, 0.717) is 0 Å². The van der Waals surface area contributed by atoms with Gasteiger partial charge in [-0.15, -0.1) is 0 Å². The minimum Gasteiger partial charge on any atom is -0.324 e. The Bertz CT molecular complexity index is 434. The van der Waals surface area contributed by atoms with Gasteiger partial charge in [-0.25, -0.2) is 0 Å². The molecule has 0 saturated carbocycles. The molecule has 0 amide bonds. The van der Waals surface area contributed by atoms with Crippen molar-refractivity contribution in [2.75, 3.05) is 0 Å². The van der Waals surface area contributed by atoms with Crippen molar-refractivity contribution in [2.24, 2.45) is 5.73 Å². The summed E-state index contributed by atoms with van der Waals surface area (Å²) in [5.74, 6) is 0. The van der Waals surface area contributed by atoms with Crippen molar-refractivity contribution in [3.05, 3.63) is 48.0 Å². The lowest BCUT2D eigenvalue weighted by atomic mass is 10.0. The van der Waals surface area contributed by atoms with Gasteiger partial charge in [0.15, 0.2) is 0 Å². The Hall–Kier alpha value is -1.34. The van der Waals surface area contributed by atoms with Gasteiger partial charge in [0, 0.05) is 6.04 Å². The van der Waals surface area contributed by atoms with Crippen molar-refractivity contribution < 1.29 is 1.41 Å². The zero-order valence-corrected chi connectivity index (χ0v) is 7.62. The van der Waals surface area contributed by atoms with Crippen molar-refractivity contribution in [2.45, 2.75) is 13.0 Å². The Morgan fingerprint density at radius 3 is 2.77 bits per heavy atom. The van der Waals surface area contributed by atoms with Crippen LogP contribution in [-0.2, 0) is 0 Å². The van der Waals surface area contributed by atoms with Gasteiger partial charge in [0.05, 0.1) is 0 Å². The summed E-state index contributed by atoms with van der Waals surface area (Å²) in [6.45, 7) is 1.99. The van der Waals surface area contributed by atoms with Crippen molar-refractivity contribution in [1.29, 1.82) is 0 Å². The third-order valence-electron chi connectivity index (χ3n) is 2.29. The quantitative estimate of drug-likeness (QED) is 0.740. The van der Waals surface area contributed by atoms with Gasteiger partial charge in [0.1, 0.15) is 1.41 Å². The summed E-state index contributed by atoms with van der Waals surface area (Å²) in [4.78, 5) is 0. The van der Waals surface area contributed by atoms with E-state index in [0.717, 1.165) is 0 Å². The van der Waals surface area contributed by atoms with E-state index in [1.54, 1.807) is 0 Å². The lowest BCUT2D eigenvalue weighted by Gasteiger charge is -2.09. The third-order valence-corrected chi connectivity index (χ3v) is 2.29. The van der Waals surface area contributed by atoms with Gasteiger partial charge in [-0.2, -0.15) is 0 Å². The summed E-state index contributed by atoms with van der Waals surface area (Å²) in [6, 6.07) is 14.5. The molecule has 2 aromatic rings. The van der Waals surface area contributed by atoms with Crippen molar-refractivity contribution in [3.63, 3.8) is 0 Å². The van der Waals surface area contributed by atoms with Crippen LogP contribution in [0.25, 0.3) is 10.8 Å². The molecule has 0 bridgehead atoms. The maximum absolute atomic E-state index is 7.17. The van der Waals surface area contributed by atoms with Crippen LogP contribution in [0.15, 0.2) is 42.5 Å². The average Bonchev–Trinajstić information content (AvgIpc) is 2.27.